The highest BCUT2D eigenvalue weighted by atomic mass is 19.2. The fourth-order valence-corrected chi connectivity index (χ4v) is 3.26. The number of benzene rings is 2. The summed E-state index contributed by atoms with van der Waals surface area (Å²) < 4.78 is 26.6. The lowest BCUT2D eigenvalue weighted by molar-refractivity contribution is -0.124. The average Bonchev–Trinajstić information content (AvgIpc) is 3.00. The van der Waals surface area contributed by atoms with E-state index in [1.54, 1.807) is 4.90 Å². The Labute approximate surface area is 151 Å². The third kappa shape index (κ3) is 3.45. The smallest absolute Gasteiger partial charge is 0.232 e. The predicted molar refractivity (Wildman–Crippen MR) is 96.0 cm³/mol. The van der Waals surface area contributed by atoms with Crippen LogP contribution in [-0.2, 0) is 9.59 Å². The van der Waals surface area contributed by atoms with Gasteiger partial charge in [-0.1, -0.05) is 12.1 Å². The Hall–Kier alpha value is -2.76. The van der Waals surface area contributed by atoms with Gasteiger partial charge < -0.3 is 9.80 Å². The van der Waals surface area contributed by atoms with Crippen molar-refractivity contribution in [3.05, 3.63) is 59.7 Å². The lowest BCUT2D eigenvalue weighted by Gasteiger charge is -2.24. The molecule has 0 radical (unpaired) electrons. The highest BCUT2D eigenvalue weighted by Crippen LogP contribution is 2.29. The van der Waals surface area contributed by atoms with Crippen molar-refractivity contribution >= 4 is 23.2 Å². The molecule has 0 aromatic heterocycles. The maximum absolute atomic E-state index is 13.5. The van der Waals surface area contributed by atoms with Gasteiger partial charge in [0.15, 0.2) is 11.6 Å². The van der Waals surface area contributed by atoms with Crippen LogP contribution in [0.3, 0.4) is 0 Å². The molecule has 1 aliphatic heterocycles. The van der Waals surface area contributed by atoms with Crippen LogP contribution in [0.4, 0.5) is 20.2 Å². The van der Waals surface area contributed by atoms with Gasteiger partial charge in [-0.25, -0.2) is 8.78 Å². The average molecular weight is 358 g/mol. The zero-order valence-electron chi connectivity index (χ0n) is 14.7. The summed E-state index contributed by atoms with van der Waals surface area (Å²) in [5.41, 5.74) is 2.10. The zero-order valence-corrected chi connectivity index (χ0v) is 14.7. The molecule has 1 saturated heterocycles. The number of aryl methyl sites for hydroxylation is 1. The van der Waals surface area contributed by atoms with Gasteiger partial charge in [-0.05, 0) is 43.7 Å². The topological polar surface area (TPSA) is 40.6 Å². The van der Waals surface area contributed by atoms with E-state index < -0.39 is 17.6 Å². The first-order chi connectivity index (χ1) is 12.4. The van der Waals surface area contributed by atoms with Crippen molar-refractivity contribution in [3.8, 4) is 0 Å². The molecule has 1 aliphatic rings. The molecule has 0 bridgehead atoms. The minimum absolute atomic E-state index is 0.0557. The Bertz CT molecular complexity index is 853. The summed E-state index contributed by atoms with van der Waals surface area (Å²) in [5.74, 6) is -2.91. The van der Waals surface area contributed by atoms with Gasteiger partial charge in [-0.2, -0.15) is 0 Å². The standard InChI is InChI=1S/C20H20F2N2O2/c1-3-23(15-6-4-5-13(2)9-15)20(26)14-10-19(25)24(12-14)16-7-8-17(21)18(22)11-16/h4-9,11,14H,3,10,12H2,1-2H3. The summed E-state index contributed by atoms with van der Waals surface area (Å²) in [6, 6.07) is 10.9. The molecule has 1 unspecified atom stereocenters. The molecule has 0 aliphatic carbocycles. The monoisotopic (exact) mass is 358 g/mol. The molecule has 1 heterocycles. The van der Waals surface area contributed by atoms with E-state index in [-0.39, 0.29) is 30.5 Å². The fourth-order valence-electron chi connectivity index (χ4n) is 3.26. The second kappa shape index (κ2) is 7.23. The number of anilines is 2. The third-order valence-corrected chi connectivity index (χ3v) is 4.58. The first kappa shape index (κ1) is 18.0. The maximum atomic E-state index is 13.5. The summed E-state index contributed by atoms with van der Waals surface area (Å²) in [4.78, 5) is 28.3. The van der Waals surface area contributed by atoms with Crippen molar-refractivity contribution in [2.24, 2.45) is 5.92 Å². The van der Waals surface area contributed by atoms with E-state index in [1.807, 2.05) is 38.1 Å². The number of halogens is 2. The van der Waals surface area contributed by atoms with Crippen LogP contribution in [0.5, 0.6) is 0 Å². The van der Waals surface area contributed by atoms with Crippen LogP contribution in [0.1, 0.15) is 18.9 Å². The number of hydrogen-bond donors (Lipinski definition) is 0. The van der Waals surface area contributed by atoms with Crippen molar-refractivity contribution in [1.82, 2.24) is 0 Å². The van der Waals surface area contributed by atoms with Gasteiger partial charge in [0.1, 0.15) is 0 Å². The molecule has 6 heteroatoms. The predicted octanol–water partition coefficient (Wildman–Crippen LogP) is 3.68. The molecule has 4 nitrogen and oxygen atoms in total. The molecule has 0 saturated carbocycles. The normalized spacial score (nSPS) is 16.8. The zero-order chi connectivity index (χ0) is 18.8. The molecular formula is C20H20F2N2O2. The Balaban J connectivity index is 1.80. The third-order valence-electron chi connectivity index (χ3n) is 4.58. The van der Waals surface area contributed by atoms with Crippen LogP contribution in [-0.4, -0.2) is 24.9 Å². The molecule has 26 heavy (non-hydrogen) atoms. The second-order valence-corrected chi connectivity index (χ2v) is 6.43. The molecule has 0 N–H and O–H groups in total. The van der Waals surface area contributed by atoms with E-state index in [0.717, 1.165) is 23.4 Å². The van der Waals surface area contributed by atoms with Crippen LogP contribution >= 0.6 is 0 Å². The number of carbonyl (C=O) groups is 2. The van der Waals surface area contributed by atoms with Gasteiger partial charge in [0.05, 0.1) is 5.92 Å². The van der Waals surface area contributed by atoms with Crippen molar-refractivity contribution in [2.45, 2.75) is 20.3 Å². The largest absolute Gasteiger partial charge is 0.312 e. The van der Waals surface area contributed by atoms with E-state index in [2.05, 4.69) is 0 Å². The molecule has 136 valence electrons. The van der Waals surface area contributed by atoms with E-state index in [1.165, 1.54) is 11.0 Å². The van der Waals surface area contributed by atoms with Gasteiger partial charge in [0, 0.05) is 37.0 Å². The van der Waals surface area contributed by atoms with Crippen LogP contribution < -0.4 is 9.80 Å². The van der Waals surface area contributed by atoms with Crippen molar-refractivity contribution in [1.29, 1.82) is 0 Å². The van der Waals surface area contributed by atoms with Crippen LogP contribution in [0.15, 0.2) is 42.5 Å². The van der Waals surface area contributed by atoms with Gasteiger partial charge >= 0.3 is 0 Å². The number of carbonyl (C=O) groups excluding carboxylic acids is 2. The lowest BCUT2D eigenvalue weighted by Crippen LogP contribution is -2.37. The Morgan fingerprint density at radius 1 is 1.19 bits per heavy atom. The van der Waals surface area contributed by atoms with Gasteiger partial charge in [0.25, 0.3) is 0 Å². The summed E-state index contributed by atoms with van der Waals surface area (Å²) in [6.07, 6.45) is 0.0557. The molecule has 1 fully saturated rings. The molecule has 2 aromatic carbocycles. The van der Waals surface area contributed by atoms with E-state index >= 15 is 0 Å². The summed E-state index contributed by atoms with van der Waals surface area (Å²) >= 11 is 0. The molecule has 2 amide bonds. The number of hydrogen-bond acceptors (Lipinski definition) is 2. The van der Waals surface area contributed by atoms with E-state index in [4.69, 9.17) is 0 Å². The molecule has 1 atom stereocenters. The Morgan fingerprint density at radius 2 is 1.96 bits per heavy atom. The molecule has 0 spiro atoms. The summed E-state index contributed by atoms with van der Waals surface area (Å²) in [6.45, 7) is 4.47. The Kier molecular flexibility index (Phi) is 5.02. The highest BCUT2D eigenvalue weighted by molar-refractivity contribution is 6.04. The van der Waals surface area contributed by atoms with Crippen LogP contribution in [0, 0.1) is 24.5 Å². The van der Waals surface area contributed by atoms with Crippen LogP contribution in [0.2, 0.25) is 0 Å². The SMILES string of the molecule is CCN(C(=O)C1CC(=O)N(c2ccc(F)c(F)c2)C1)c1cccc(C)c1. The minimum atomic E-state index is -1.01. The molecular weight excluding hydrogens is 338 g/mol. The summed E-state index contributed by atoms with van der Waals surface area (Å²) in [7, 11) is 0. The number of rotatable bonds is 4. The van der Waals surface area contributed by atoms with Crippen LogP contribution in [0.25, 0.3) is 0 Å². The second-order valence-electron chi connectivity index (χ2n) is 6.43. The van der Waals surface area contributed by atoms with Gasteiger partial charge in [-0.3, -0.25) is 9.59 Å². The van der Waals surface area contributed by atoms with Crippen molar-refractivity contribution in [2.75, 3.05) is 22.9 Å². The molecule has 2 aromatic rings. The van der Waals surface area contributed by atoms with E-state index in [9.17, 15) is 18.4 Å². The number of amides is 2. The number of nitrogens with zero attached hydrogens (tertiary/aromatic N) is 2. The lowest BCUT2D eigenvalue weighted by atomic mass is 10.1. The van der Waals surface area contributed by atoms with E-state index in [0.29, 0.717) is 6.54 Å². The molecule has 3 rings (SSSR count). The first-order valence-electron chi connectivity index (χ1n) is 8.54. The van der Waals surface area contributed by atoms with Crippen molar-refractivity contribution in [3.63, 3.8) is 0 Å². The maximum Gasteiger partial charge on any atom is 0.232 e. The first-order valence-corrected chi connectivity index (χ1v) is 8.54. The van der Waals surface area contributed by atoms with Crippen molar-refractivity contribution < 1.29 is 18.4 Å². The quantitative estimate of drug-likeness (QED) is 0.837. The fraction of sp³-hybridized carbons (Fsp3) is 0.300. The highest BCUT2D eigenvalue weighted by Gasteiger charge is 2.37. The summed E-state index contributed by atoms with van der Waals surface area (Å²) in [5, 5.41) is 0. The van der Waals surface area contributed by atoms with Gasteiger partial charge in [-0.15, -0.1) is 0 Å². The minimum Gasteiger partial charge on any atom is -0.312 e. The Morgan fingerprint density at radius 3 is 2.62 bits per heavy atom. The van der Waals surface area contributed by atoms with Gasteiger partial charge in [0.2, 0.25) is 11.8 Å².